The van der Waals surface area contributed by atoms with Crippen molar-refractivity contribution in [2.75, 3.05) is 26.2 Å². The zero-order valence-corrected chi connectivity index (χ0v) is 16.3. The van der Waals surface area contributed by atoms with Gasteiger partial charge >= 0.3 is 0 Å². The molecule has 1 aliphatic carbocycles. The molecule has 1 aromatic rings. The molecule has 0 aromatic heterocycles. The number of halogens is 2. The van der Waals surface area contributed by atoms with Crippen LogP contribution in [0.15, 0.2) is 23.1 Å². The van der Waals surface area contributed by atoms with Crippen LogP contribution in [0.2, 0.25) is 10.0 Å². The second-order valence-electron chi connectivity index (χ2n) is 6.69. The van der Waals surface area contributed by atoms with E-state index in [9.17, 15) is 13.2 Å². The number of hydrogen-bond acceptors (Lipinski definition) is 3. The van der Waals surface area contributed by atoms with Crippen LogP contribution in [0.1, 0.15) is 32.1 Å². The Kier molecular flexibility index (Phi) is 5.93. The van der Waals surface area contributed by atoms with Gasteiger partial charge in [-0.25, -0.2) is 8.42 Å². The highest BCUT2D eigenvalue weighted by atomic mass is 35.5. The van der Waals surface area contributed by atoms with Gasteiger partial charge in [0, 0.05) is 32.6 Å². The van der Waals surface area contributed by atoms with E-state index in [1.807, 2.05) is 0 Å². The minimum absolute atomic E-state index is 0.0518. The van der Waals surface area contributed by atoms with Crippen molar-refractivity contribution < 1.29 is 13.2 Å². The van der Waals surface area contributed by atoms with Crippen LogP contribution in [-0.4, -0.2) is 49.7 Å². The van der Waals surface area contributed by atoms with Crippen molar-refractivity contribution in [3.8, 4) is 0 Å². The zero-order chi connectivity index (χ0) is 18.0. The van der Waals surface area contributed by atoms with Crippen molar-refractivity contribution in [1.29, 1.82) is 0 Å². The lowest BCUT2D eigenvalue weighted by atomic mass is 10.0. The summed E-state index contributed by atoms with van der Waals surface area (Å²) in [6.07, 6.45) is 5.27. The minimum Gasteiger partial charge on any atom is -0.340 e. The summed E-state index contributed by atoms with van der Waals surface area (Å²) in [5.74, 6) is 0.635. The maximum atomic E-state index is 12.8. The second-order valence-corrected chi connectivity index (χ2v) is 9.38. The number of carbonyl (C=O) groups excluding carboxylic acids is 1. The standard InChI is InChI=1S/C17H22Cl2N2O3S/c18-14-6-3-7-15(19)17(14)25(23,24)21-10-8-20(9-11-21)16(22)12-13-4-1-2-5-13/h3,6-7,13H,1-2,4-5,8-12H2. The highest BCUT2D eigenvalue weighted by Gasteiger charge is 2.33. The van der Waals surface area contributed by atoms with Crippen LogP contribution in [0.25, 0.3) is 0 Å². The highest BCUT2D eigenvalue weighted by molar-refractivity contribution is 7.89. The minimum atomic E-state index is -3.76. The first kappa shape index (κ1) is 19.0. The molecule has 5 nitrogen and oxygen atoms in total. The van der Waals surface area contributed by atoms with E-state index in [0.29, 0.717) is 25.4 Å². The van der Waals surface area contributed by atoms with Crippen molar-refractivity contribution in [1.82, 2.24) is 9.21 Å². The van der Waals surface area contributed by atoms with Crippen LogP contribution >= 0.6 is 23.2 Å². The normalized spacial score (nSPS) is 20.2. The van der Waals surface area contributed by atoms with Crippen LogP contribution < -0.4 is 0 Å². The number of nitrogens with zero attached hydrogens (tertiary/aromatic N) is 2. The second kappa shape index (κ2) is 7.82. The lowest BCUT2D eigenvalue weighted by molar-refractivity contribution is -0.133. The monoisotopic (exact) mass is 404 g/mol. The number of amides is 1. The summed E-state index contributed by atoms with van der Waals surface area (Å²) in [7, 11) is -3.76. The number of benzene rings is 1. The number of sulfonamides is 1. The molecule has 2 aliphatic rings. The van der Waals surface area contributed by atoms with E-state index in [1.165, 1.54) is 29.3 Å². The molecule has 0 spiro atoms. The van der Waals surface area contributed by atoms with E-state index < -0.39 is 10.0 Å². The van der Waals surface area contributed by atoms with Crippen LogP contribution in [-0.2, 0) is 14.8 Å². The molecule has 2 fully saturated rings. The largest absolute Gasteiger partial charge is 0.340 e. The van der Waals surface area contributed by atoms with Gasteiger partial charge in [-0.15, -0.1) is 0 Å². The summed E-state index contributed by atoms with van der Waals surface area (Å²) in [6, 6.07) is 4.65. The molecule has 0 bridgehead atoms. The molecule has 0 atom stereocenters. The first-order valence-corrected chi connectivity index (χ1v) is 10.8. The van der Waals surface area contributed by atoms with Gasteiger partial charge in [-0.1, -0.05) is 42.1 Å². The summed E-state index contributed by atoms with van der Waals surface area (Å²) in [6.45, 7) is 1.35. The van der Waals surface area contributed by atoms with Crippen molar-refractivity contribution in [2.24, 2.45) is 5.92 Å². The average molecular weight is 405 g/mol. The number of carbonyl (C=O) groups is 1. The maximum absolute atomic E-state index is 12.8. The molecule has 3 rings (SSSR count). The molecule has 138 valence electrons. The fourth-order valence-corrected chi connectivity index (χ4v) is 6.14. The van der Waals surface area contributed by atoms with Gasteiger partial charge in [0.05, 0.1) is 10.0 Å². The van der Waals surface area contributed by atoms with Gasteiger partial charge in [0.25, 0.3) is 0 Å². The lowest BCUT2D eigenvalue weighted by Gasteiger charge is -2.34. The predicted molar refractivity (Wildman–Crippen MR) is 98.4 cm³/mol. The van der Waals surface area contributed by atoms with Gasteiger partial charge in [0.1, 0.15) is 4.90 Å². The Hall–Kier alpha value is -0.820. The van der Waals surface area contributed by atoms with E-state index in [4.69, 9.17) is 23.2 Å². The summed E-state index contributed by atoms with van der Waals surface area (Å²) in [4.78, 5) is 14.1. The molecule has 1 heterocycles. The van der Waals surface area contributed by atoms with Crippen molar-refractivity contribution in [3.63, 3.8) is 0 Å². The van der Waals surface area contributed by atoms with Gasteiger partial charge in [0.2, 0.25) is 15.9 Å². The van der Waals surface area contributed by atoms with Crippen molar-refractivity contribution >= 4 is 39.1 Å². The molecule has 1 saturated carbocycles. The molecule has 0 N–H and O–H groups in total. The van der Waals surface area contributed by atoms with Crippen LogP contribution in [0.5, 0.6) is 0 Å². The molecule has 0 radical (unpaired) electrons. The maximum Gasteiger partial charge on any atom is 0.246 e. The van der Waals surface area contributed by atoms with Gasteiger partial charge in [0.15, 0.2) is 0 Å². The van der Waals surface area contributed by atoms with E-state index in [0.717, 1.165) is 12.8 Å². The van der Waals surface area contributed by atoms with E-state index in [-0.39, 0.29) is 33.9 Å². The van der Waals surface area contributed by atoms with E-state index in [2.05, 4.69) is 0 Å². The first-order valence-electron chi connectivity index (χ1n) is 8.61. The summed E-state index contributed by atoms with van der Waals surface area (Å²) < 4.78 is 27.0. The van der Waals surface area contributed by atoms with Crippen LogP contribution in [0.3, 0.4) is 0 Å². The number of rotatable bonds is 4. The Bertz CT molecular complexity index is 720. The molecule has 0 unspecified atom stereocenters. The molecular formula is C17H22Cl2N2O3S. The van der Waals surface area contributed by atoms with Gasteiger partial charge in [-0.05, 0) is 30.9 Å². The molecule has 8 heteroatoms. The first-order chi connectivity index (χ1) is 11.9. The zero-order valence-electron chi connectivity index (χ0n) is 14.0. The molecule has 1 aromatic carbocycles. The molecule has 1 amide bonds. The third kappa shape index (κ3) is 4.13. The van der Waals surface area contributed by atoms with Gasteiger partial charge in [-0.2, -0.15) is 4.31 Å². The highest BCUT2D eigenvalue weighted by Crippen LogP contribution is 2.32. The fourth-order valence-electron chi connectivity index (χ4n) is 3.63. The number of piperazine rings is 1. The Morgan fingerprint density at radius 3 is 2.16 bits per heavy atom. The predicted octanol–water partition coefficient (Wildman–Crippen LogP) is 3.41. The van der Waals surface area contributed by atoms with E-state index >= 15 is 0 Å². The third-order valence-corrected chi connectivity index (χ3v) is 7.90. The molecule has 25 heavy (non-hydrogen) atoms. The summed E-state index contributed by atoms with van der Waals surface area (Å²) >= 11 is 12.1. The fraction of sp³-hybridized carbons (Fsp3) is 0.588. The van der Waals surface area contributed by atoms with Crippen LogP contribution in [0.4, 0.5) is 0 Å². The Labute approximate surface area is 158 Å². The Morgan fingerprint density at radius 2 is 1.60 bits per heavy atom. The topological polar surface area (TPSA) is 57.7 Å². The van der Waals surface area contributed by atoms with Crippen molar-refractivity contribution in [2.45, 2.75) is 37.0 Å². The third-order valence-electron chi connectivity index (χ3n) is 5.05. The number of hydrogen-bond donors (Lipinski definition) is 0. The van der Waals surface area contributed by atoms with E-state index in [1.54, 1.807) is 11.0 Å². The Morgan fingerprint density at radius 1 is 1.04 bits per heavy atom. The SMILES string of the molecule is O=C(CC1CCCC1)N1CCN(S(=O)(=O)c2c(Cl)cccc2Cl)CC1. The van der Waals surface area contributed by atoms with Crippen LogP contribution in [0, 0.1) is 5.92 Å². The van der Waals surface area contributed by atoms with Gasteiger partial charge < -0.3 is 4.90 Å². The molecular weight excluding hydrogens is 383 g/mol. The Balaban J connectivity index is 1.64. The summed E-state index contributed by atoms with van der Waals surface area (Å²) in [5.41, 5.74) is 0. The van der Waals surface area contributed by atoms with Gasteiger partial charge in [-0.3, -0.25) is 4.79 Å². The van der Waals surface area contributed by atoms with Crippen molar-refractivity contribution in [3.05, 3.63) is 28.2 Å². The molecule has 1 aliphatic heterocycles. The lowest BCUT2D eigenvalue weighted by Crippen LogP contribution is -2.50. The quantitative estimate of drug-likeness (QED) is 0.772. The summed E-state index contributed by atoms with van der Waals surface area (Å²) in [5, 5.41) is 0.236. The molecule has 1 saturated heterocycles. The average Bonchev–Trinajstić information content (AvgIpc) is 3.07. The smallest absolute Gasteiger partial charge is 0.246 e.